The number of azo groups is 1. The number of phenols is 1. The number of nitro benzene ring substituents is 1. The Morgan fingerprint density at radius 2 is 2.04 bits per heavy atom. The number of phenolic OH excluding ortho intramolecular Hbond substituents is 1. The second kappa shape index (κ2) is 6.00. The van der Waals surface area contributed by atoms with Gasteiger partial charge < -0.3 is 10.2 Å². The van der Waals surface area contributed by atoms with E-state index >= 15 is 0 Å². The molecule has 0 saturated carbocycles. The first-order valence-corrected chi connectivity index (χ1v) is 6.98. The Hall–Kier alpha value is -3.82. The van der Waals surface area contributed by atoms with Crippen molar-refractivity contribution < 1.29 is 19.9 Å². The Morgan fingerprint density at radius 3 is 2.72 bits per heavy atom. The van der Waals surface area contributed by atoms with Crippen molar-refractivity contribution in [1.82, 2.24) is 9.38 Å². The van der Waals surface area contributed by atoms with Crippen LogP contribution in [-0.4, -0.2) is 30.5 Å². The van der Waals surface area contributed by atoms with E-state index in [1.54, 1.807) is 18.3 Å². The van der Waals surface area contributed by atoms with Crippen LogP contribution in [-0.2, 0) is 0 Å². The lowest BCUT2D eigenvalue weighted by Crippen LogP contribution is -1.96. The summed E-state index contributed by atoms with van der Waals surface area (Å²) in [5, 5.41) is 37.5. The fraction of sp³-hybridized carbons (Fsp3) is 0.0667. The van der Waals surface area contributed by atoms with Crippen LogP contribution in [0.25, 0.3) is 5.65 Å². The Balaban J connectivity index is 2.14. The molecule has 0 atom stereocenters. The Kier molecular flexibility index (Phi) is 3.85. The van der Waals surface area contributed by atoms with Gasteiger partial charge in [0.15, 0.2) is 11.5 Å². The molecule has 0 aliphatic carbocycles. The van der Waals surface area contributed by atoms with Gasteiger partial charge in [-0.3, -0.25) is 14.5 Å². The average Bonchev–Trinajstić information content (AvgIpc) is 2.92. The average molecular weight is 341 g/mol. The van der Waals surface area contributed by atoms with Crippen LogP contribution in [0.2, 0.25) is 0 Å². The van der Waals surface area contributed by atoms with Crippen molar-refractivity contribution in [3.8, 4) is 5.75 Å². The molecule has 2 aromatic heterocycles. The lowest BCUT2D eigenvalue weighted by Gasteiger charge is -2.00. The molecule has 10 heteroatoms. The van der Waals surface area contributed by atoms with E-state index in [0.29, 0.717) is 5.65 Å². The number of aromatic carboxylic acids is 1. The molecule has 0 bridgehead atoms. The summed E-state index contributed by atoms with van der Waals surface area (Å²) in [5.41, 5.74) is 0.448. The quantitative estimate of drug-likeness (QED) is 0.423. The number of imidazole rings is 1. The number of pyridine rings is 1. The van der Waals surface area contributed by atoms with Crippen LogP contribution in [0.5, 0.6) is 5.75 Å². The third kappa shape index (κ3) is 3.00. The van der Waals surface area contributed by atoms with Gasteiger partial charge in [-0.1, -0.05) is 6.07 Å². The van der Waals surface area contributed by atoms with Crippen molar-refractivity contribution in [2.45, 2.75) is 6.92 Å². The summed E-state index contributed by atoms with van der Waals surface area (Å²) in [7, 11) is 0. The van der Waals surface area contributed by atoms with Crippen LogP contribution in [0, 0.1) is 17.0 Å². The minimum Gasteiger partial charge on any atom is -0.506 e. The molecule has 0 unspecified atom stereocenters. The molecule has 0 radical (unpaired) electrons. The summed E-state index contributed by atoms with van der Waals surface area (Å²) in [6.07, 6.45) is 1.64. The molecule has 0 amide bonds. The van der Waals surface area contributed by atoms with Crippen LogP contribution >= 0.6 is 0 Å². The maximum absolute atomic E-state index is 11.4. The number of carbonyl (C=O) groups is 1. The fourth-order valence-electron chi connectivity index (χ4n) is 2.18. The molecule has 126 valence electrons. The van der Waals surface area contributed by atoms with Gasteiger partial charge in [0.05, 0.1) is 4.92 Å². The summed E-state index contributed by atoms with van der Waals surface area (Å²) < 4.78 is 1.44. The molecule has 3 aromatic rings. The highest BCUT2D eigenvalue weighted by Crippen LogP contribution is 2.32. The number of fused-ring (bicyclic) bond motifs is 1. The number of non-ortho nitro benzene ring substituents is 1. The highest BCUT2D eigenvalue weighted by molar-refractivity contribution is 5.91. The van der Waals surface area contributed by atoms with Gasteiger partial charge in [0.2, 0.25) is 0 Å². The summed E-state index contributed by atoms with van der Waals surface area (Å²) in [4.78, 5) is 25.5. The highest BCUT2D eigenvalue weighted by atomic mass is 16.6. The van der Waals surface area contributed by atoms with E-state index in [1.165, 1.54) is 4.40 Å². The van der Waals surface area contributed by atoms with E-state index in [1.807, 2.05) is 6.92 Å². The number of hydrogen-bond acceptors (Lipinski definition) is 7. The SMILES string of the molecule is Cc1ccc2nc(C(=O)O)c(N=Nc3cc([N+](=O)[O-])ccc3O)n2c1. The molecule has 2 N–H and O–H groups in total. The third-order valence-corrected chi connectivity index (χ3v) is 3.37. The number of carboxylic acid groups (broad SMARTS) is 1. The third-order valence-electron chi connectivity index (χ3n) is 3.37. The smallest absolute Gasteiger partial charge is 0.358 e. The molecule has 0 fully saturated rings. The van der Waals surface area contributed by atoms with Gasteiger partial charge in [-0.15, -0.1) is 10.2 Å². The van der Waals surface area contributed by atoms with Crippen LogP contribution in [0.1, 0.15) is 16.1 Å². The summed E-state index contributed by atoms with van der Waals surface area (Å²) >= 11 is 0. The van der Waals surface area contributed by atoms with Crippen LogP contribution < -0.4 is 0 Å². The number of hydrogen-bond donors (Lipinski definition) is 2. The van der Waals surface area contributed by atoms with Crippen molar-refractivity contribution in [2.75, 3.05) is 0 Å². The van der Waals surface area contributed by atoms with E-state index < -0.39 is 10.9 Å². The van der Waals surface area contributed by atoms with Gasteiger partial charge in [-0.25, -0.2) is 9.78 Å². The number of aromatic nitrogens is 2. The number of carboxylic acids is 1. The second-order valence-electron chi connectivity index (χ2n) is 5.15. The van der Waals surface area contributed by atoms with E-state index in [4.69, 9.17) is 0 Å². The standard InChI is InChI=1S/C15H11N5O5/c1-8-2-5-12-16-13(15(22)23)14(19(12)7-8)18-17-10-6-9(20(24)25)3-4-11(10)21/h2-7,21H,1H3,(H,22,23). The zero-order valence-corrected chi connectivity index (χ0v) is 12.8. The van der Waals surface area contributed by atoms with Crippen molar-refractivity contribution >= 4 is 28.8 Å². The molecule has 1 aromatic carbocycles. The minimum atomic E-state index is -1.29. The van der Waals surface area contributed by atoms with Gasteiger partial charge >= 0.3 is 5.97 Å². The van der Waals surface area contributed by atoms with Crippen molar-refractivity contribution in [3.63, 3.8) is 0 Å². The van der Waals surface area contributed by atoms with Crippen molar-refractivity contribution in [1.29, 1.82) is 0 Å². The first-order valence-electron chi connectivity index (χ1n) is 6.98. The van der Waals surface area contributed by atoms with Gasteiger partial charge in [0.25, 0.3) is 5.69 Å². The summed E-state index contributed by atoms with van der Waals surface area (Å²) in [5.74, 6) is -1.67. The van der Waals surface area contributed by atoms with Gasteiger partial charge in [0.1, 0.15) is 17.1 Å². The molecular weight excluding hydrogens is 330 g/mol. The van der Waals surface area contributed by atoms with Crippen LogP contribution in [0.3, 0.4) is 0 Å². The molecule has 3 rings (SSSR count). The molecule has 0 spiro atoms. The minimum absolute atomic E-state index is 0.0582. The van der Waals surface area contributed by atoms with E-state index in [-0.39, 0.29) is 28.6 Å². The first kappa shape index (κ1) is 16.1. The van der Waals surface area contributed by atoms with Crippen LogP contribution in [0.4, 0.5) is 17.2 Å². The molecular formula is C15H11N5O5. The number of rotatable bonds is 4. The maximum Gasteiger partial charge on any atom is 0.358 e. The zero-order valence-electron chi connectivity index (χ0n) is 12.8. The van der Waals surface area contributed by atoms with E-state index in [9.17, 15) is 25.1 Å². The summed E-state index contributed by atoms with van der Waals surface area (Å²) in [6, 6.07) is 6.67. The Labute approximate surface area is 139 Å². The second-order valence-corrected chi connectivity index (χ2v) is 5.15. The van der Waals surface area contributed by atoms with Gasteiger partial charge in [-0.2, -0.15) is 0 Å². The normalized spacial score (nSPS) is 11.2. The number of benzene rings is 1. The van der Waals surface area contributed by atoms with Gasteiger partial charge in [0, 0.05) is 18.3 Å². The topological polar surface area (TPSA) is 143 Å². The van der Waals surface area contributed by atoms with E-state index in [2.05, 4.69) is 15.2 Å². The molecule has 0 saturated heterocycles. The number of nitrogens with zero attached hydrogens (tertiary/aromatic N) is 5. The lowest BCUT2D eigenvalue weighted by molar-refractivity contribution is -0.384. The zero-order chi connectivity index (χ0) is 18.1. The predicted octanol–water partition coefficient (Wildman–Crippen LogP) is 3.37. The fourth-order valence-corrected chi connectivity index (χ4v) is 2.18. The Bertz CT molecular complexity index is 1040. The number of aryl methyl sites for hydroxylation is 1. The van der Waals surface area contributed by atoms with Crippen LogP contribution in [0.15, 0.2) is 46.8 Å². The molecule has 10 nitrogen and oxygen atoms in total. The largest absolute Gasteiger partial charge is 0.506 e. The van der Waals surface area contributed by atoms with Crippen molar-refractivity contribution in [3.05, 3.63) is 57.9 Å². The summed E-state index contributed by atoms with van der Waals surface area (Å²) in [6.45, 7) is 1.81. The number of aromatic hydroxyl groups is 1. The highest BCUT2D eigenvalue weighted by Gasteiger charge is 2.19. The molecule has 0 aliphatic heterocycles. The van der Waals surface area contributed by atoms with E-state index in [0.717, 1.165) is 23.8 Å². The number of nitro groups is 1. The Morgan fingerprint density at radius 1 is 1.28 bits per heavy atom. The lowest BCUT2D eigenvalue weighted by atomic mass is 10.2. The van der Waals surface area contributed by atoms with Gasteiger partial charge in [-0.05, 0) is 24.6 Å². The monoisotopic (exact) mass is 341 g/mol. The first-order chi connectivity index (χ1) is 11.9. The molecule has 25 heavy (non-hydrogen) atoms. The maximum atomic E-state index is 11.4. The molecule has 2 heterocycles. The van der Waals surface area contributed by atoms with Crippen molar-refractivity contribution in [2.24, 2.45) is 10.2 Å². The molecule has 0 aliphatic rings. The predicted molar refractivity (Wildman–Crippen MR) is 85.8 cm³/mol.